The largest absolute Gasteiger partial charge is 0.495 e. The molecule has 0 aliphatic rings. The molecule has 2 aromatic carbocycles. The maximum Gasteiger partial charge on any atom is 0.309 e. The number of H-pyrrole nitrogens is 1. The van der Waals surface area contributed by atoms with Crippen LogP contribution in [0.1, 0.15) is 27.2 Å². The van der Waals surface area contributed by atoms with Crippen molar-refractivity contribution in [3.8, 4) is 5.75 Å². The molecule has 3 aromatic rings. The lowest BCUT2D eigenvalue weighted by Gasteiger charge is -2.10. The number of methoxy groups -OCH3 is 1. The van der Waals surface area contributed by atoms with E-state index in [1.54, 1.807) is 24.3 Å². The Balaban J connectivity index is 2.18. The molecule has 5 nitrogen and oxygen atoms in total. The molecule has 2 N–H and O–H groups in total. The number of nitrogens with one attached hydrogen (secondary N) is 1. The monoisotopic (exact) mass is 323 g/mol. The Labute approximate surface area is 138 Å². The fourth-order valence-electron chi connectivity index (χ4n) is 2.93. The van der Waals surface area contributed by atoms with E-state index in [0.29, 0.717) is 22.6 Å². The van der Waals surface area contributed by atoms with Crippen LogP contribution in [0.4, 0.5) is 0 Å². The quantitative estimate of drug-likeness (QED) is 0.706. The highest BCUT2D eigenvalue weighted by Gasteiger charge is 2.21. The normalized spacial score (nSPS) is 10.8. The number of hydrogen-bond donors (Lipinski definition) is 2. The molecular weight excluding hydrogens is 306 g/mol. The first-order valence-corrected chi connectivity index (χ1v) is 7.52. The summed E-state index contributed by atoms with van der Waals surface area (Å²) in [4.78, 5) is 26.9. The van der Waals surface area contributed by atoms with Gasteiger partial charge >= 0.3 is 5.97 Å². The third kappa shape index (κ3) is 2.65. The molecule has 122 valence electrons. The lowest BCUT2D eigenvalue weighted by molar-refractivity contribution is -0.136. The average molecular weight is 323 g/mol. The van der Waals surface area contributed by atoms with Gasteiger partial charge in [-0.2, -0.15) is 0 Å². The van der Waals surface area contributed by atoms with Gasteiger partial charge in [-0.25, -0.2) is 0 Å². The van der Waals surface area contributed by atoms with E-state index in [1.165, 1.54) is 7.11 Å². The highest BCUT2D eigenvalue weighted by Crippen LogP contribution is 2.35. The van der Waals surface area contributed by atoms with E-state index in [1.807, 2.05) is 25.1 Å². The molecule has 3 rings (SSSR count). The van der Waals surface area contributed by atoms with Gasteiger partial charge in [-0.15, -0.1) is 0 Å². The summed E-state index contributed by atoms with van der Waals surface area (Å²) in [5.41, 5.74) is 3.19. The van der Waals surface area contributed by atoms with Crippen LogP contribution in [0.25, 0.3) is 10.9 Å². The van der Waals surface area contributed by atoms with Gasteiger partial charge in [0.25, 0.3) is 0 Å². The molecular formula is C19H17NO4. The van der Waals surface area contributed by atoms with Crippen molar-refractivity contribution in [3.05, 3.63) is 64.8 Å². The molecule has 0 unspecified atom stereocenters. The number of carboxylic acids is 1. The zero-order valence-corrected chi connectivity index (χ0v) is 13.4. The molecule has 0 amide bonds. The van der Waals surface area contributed by atoms with E-state index in [9.17, 15) is 9.59 Å². The first-order valence-electron chi connectivity index (χ1n) is 7.52. The van der Waals surface area contributed by atoms with Crippen LogP contribution in [0, 0.1) is 6.92 Å². The van der Waals surface area contributed by atoms with Crippen molar-refractivity contribution in [2.75, 3.05) is 7.11 Å². The number of aliphatic carboxylic acids is 1. The van der Waals surface area contributed by atoms with E-state index in [2.05, 4.69) is 4.98 Å². The number of fused-ring (bicyclic) bond motifs is 1. The van der Waals surface area contributed by atoms with Gasteiger partial charge in [0.2, 0.25) is 0 Å². The predicted octanol–water partition coefficient (Wildman–Crippen LogP) is 3.34. The number of aryl methyl sites for hydroxylation is 1. The fourth-order valence-corrected chi connectivity index (χ4v) is 2.93. The molecule has 1 heterocycles. The molecule has 0 saturated heterocycles. The maximum absolute atomic E-state index is 12.8. The highest BCUT2D eigenvalue weighted by molar-refractivity contribution is 6.14. The SMILES string of the molecule is COc1c(C(=O)c2ccccc2)ccc2[nH]c(CC(=O)O)c(C)c12. The number of ether oxygens (including phenoxy) is 1. The summed E-state index contributed by atoms with van der Waals surface area (Å²) < 4.78 is 5.51. The molecule has 0 radical (unpaired) electrons. The summed E-state index contributed by atoms with van der Waals surface area (Å²) in [5.74, 6) is -0.578. The minimum absolute atomic E-state index is 0.106. The molecule has 0 spiro atoms. The number of ketones is 1. The molecule has 0 saturated carbocycles. The van der Waals surface area contributed by atoms with E-state index >= 15 is 0 Å². The lowest BCUT2D eigenvalue weighted by Crippen LogP contribution is -2.04. The Morgan fingerprint density at radius 3 is 2.46 bits per heavy atom. The first kappa shape index (κ1) is 15.8. The smallest absolute Gasteiger partial charge is 0.309 e. The number of carbonyl (C=O) groups excluding carboxylic acids is 1. The van der Waals surface area contributed by atoms with Crippen LogP contribution < -0.4 is 4.74 Å². The number of benzene rings is 2. The van der Waals surface area contributed by atoms with E-state index in [-0.39, 0.29) is 12.2 Å². The van der Waals surface area contributed by atoms with Crippen molar-refractivity contribution >= 4 is 22.7 Å². The zero-order valence-electron chi connectivity index (χ0n) is 13.4. The second-order valence-electron chi connectivity index (χ2n) is 5.56. The molecule has 0 aliphatic carbocycles. The van der Waals surface area contributed by atoms with Gasteiger partial charge in [0, 0.05) is 22.2 Å². The summed E-state index contributed by atoms with van der Waals surface area (Å²) in [6, 6.07) is 12.5. The number of hydrogen-bond acceptors (Lipinski definition) is 3. The Morgan fingerprint density at radius 2 is 1.83 bits per heavy atom. The van der Waals surface area contributed by atoms with Gasteiger partial charge in [0.1, 0.15) is 5.75 Å². The van der Waals surface area contributed by atoms with Crippen molar-refractivity contribution in [3.63, 3.8) is 0 Å². The van der Waals surface area contributed by atoms with Gasteiger partial charge < -0.3 is 14.8 Å². The molecule has 0 atom stereocenters. The summed E-state index contributed by atoms with van der Waals surface area (Å²) in [6.45, 7) is 1.83. The summed E-state index contributed by atoms with van der Waals surface area (Å²) in [6.07, 6.45) is -0.106. The second kappa shape index (κ2) is 6.20. The summed E-state index contributed by atoms with van der Waals surface area (Å²) in [7, 11) is 1.51. The Hall–Kier alpha value is -3.08. The number of aromatic amines is 1. The number of carbonyl (C=O) groups is 2. The first-order chi connectivity index (χ1) is 11.5. The second-order valence-corrected chi connectivity index (χ2v) is 5.56. The molecule has 24 heavy (non-hydrogen) atoms. The van der Waals surface area contributed by atoms with Crippen molar-refractivity contribution in [2.45, 2.75) is 13.3 Å². The van der Waals surface area contributed by atoms with Crippen LogP contribution in [0.15, 0.2) is 42.5 Å². The van der Waals surface area contributed by atoms with Gasteiger partial charge in [-0.1, -0.05) is 30.3 Å². The van der Waals surface area contributed by atoms with Crippen molar-refractivity contribution in [2.24, 2.45) is 0 Å². The van der Waals surface area contributed by atoms with Crippen LogP contribution in [-0.4, -0.2) is 29.0 Å². The van der Waals surface area contributed by atoms with Crippen LogP contribution in [0.2, 0.25) is 0 Å². The predicted molar refractivity (Wildman–Crippen MR) is 90.8 cm³/mol. The van der Waals surface area contributed by atoms with Crippen LogP contribution >= 0.6 is 0 Å². The van der Waals surface area contributed by atoms with Crippen LogP contribution in [0.3, 0.4) is 0 Å². The van der Waals surface area contributed by atoms with E-state index < -0.39 is 5.97 Å². The third-order valence-electron chi connectivity index (χ3n) is 4.08. The van der Waals surface area contributed by atoms with Gasteiger partial charge in [0.05, 0.1) is 19.1 Å². The van der Waals surface area contributed by atoms with Crippen LogP contribution in [0.5, 0.6) is 5.75 Å². The number of carboxylic acid groups (broad SMARTS) is 1. The molecule has 1 aromatic heterocycles. The molecule has 5 heteroatoms. The Bertz CT molecular complexity index is 925. The number of aromatic nitrogens is 1. The minimum Gasteiger partial charge on any atom is -0.495 e. The highest BCUT2D eigenvalue weighted by atomic mass is 16.5. The zero-order chi connectivity index (χ0) is 17.3. The van der Waals surface area contributed by atoms with Crippen molar-refractivity contribution < 1.29 is 19.4 Å². The number of rotatable bonds is 5. The van der Waals surface area contributed by atoms with Gasteiger partial charge in [-0.05, 0) is 24.6 Å². The standard InChI is InChI=1S/C19H17NO4/c1-11-15(10-16(21)22)20-14-9-8-13(19(24-2)17(11)14)18(23)12-6-4-3-5-7-12/h3-9,20H,10H2,1-2H3,(H,21,22). The average Bonchev–Trinajstić information content (AvgIpc) is 2.89. The van der Waals surface area contributed by atoms with Gasteiger partial charge in [-0.3, -0.25) is 9.59 Å². The topological polar surface area (TPSA) is 79.4 Å². The maximum atomic E-state index is 12.8. The summed E-state index contributed by atoms with van der Waals surface area (Å²) in [5, 5.41) is 9.77. The third-order valence-corrected chi connectivity index (χ3v) is 4.08. The van der Waals surface area contributed by atoms with Crippen molar-refractivity contribution in [1.29, 1.82) is 0 Å². The lowest BCUT2D eigenvalue weighted by atomic mass is 9.99. The van der Waals surface area contributed by atoms with E-state index in [0.717, 1.165) is 16.5 Å². The van der Waals surface area contributed by atoms with Crippen molar-refractivity contribution in [1.82, 2.24) is 4.98 Å². The Morgan fingerprint density at radius 1 is 1.12 bits per heavy atom. The van der Waals surface area contributed by atoms with E-state index in [4.69, 9.17) is 9.84 Å². The molecule has 0 bridgehead atoms. The fraction of sp³-hybridized carbons (Fsp3) is 0.158. The Kier molecular flexibility index (Phi) is 4.08. The van der Waals surface area contributed by atoms with Gasteiger partial charge in [0.15, 0.2) is 5.78 Å². The molecule has 0 aliphatic heterocycles. The van der Waals surface area contributed by atoms with Crippen LogP contribution in [-0.2, 0) is 11.2 Å². The minimum atomic E-state index is -0.913. The molecule has 0 fully saturated rings. The summed E-state index contributed by atoms with van der Waals surface area (Å²) >= 11 is 0.